The van der Waals surface area contributed by atoms with E-state index in [1.807, 2.05) is 0 Å². The predicted octanol–water partition coefficient (Wildman–Crippen LogP) is 14.9. The summed E-state index contributed by atoms with van der Waals surface area (Å²) in [7, 11) is 0. The van der Waals surface area contributed by atoms with Gasteiger partial charge < -0.3 is 0 Å². The van der Waals surface area contributed by atoms with Gasteiger partial charge in [-0.15, -0.1) is 0 Å². The molecule has 0 nitrogen and oxygen atoms in total. The second-order valence-electron chi connectivity index (χ2n) is 13.1. The van der Waals surface area contributed by atoms with Gasteiger partial charge in [0.2, 0.25) is 0 Å². The molecule has 0 radical (unpaired) electrons. The Bertz CT molecular complexity index is 359. The maximum atomic E-state index is 2.32. The van der Waals surface area contributed by atoms with Crippen molar-refractivity contribution in [3.05, 3.63) is 0 Å². The average Bonchev–Trinajstić information content (AvgIpc) is 2.93. The van der Waals surface area contributed by atoms with Crippen LogP contribution in [0.1, 0.15) is 239 Å². The summed E-state index contributed by atoms with van der Waals surface area (Å²) in [6.07, 6.45) is 50.3. The van der Waals surface area contributed by atoms with E-state index in [2.05, 4.69) is 20.8 Å². The van der Waals surface area contributed by atoms with Crippen LogP contribution in [0, 0.1) is 5.92 Å². The fraction of sp³-hybridized carbons (Fsp3) is 1.00. The molecule has 0 aliphatic carbocycles. The monoisotopic (exact) mass is 535 g/mol. The normalized spacial score (nSPS) is 11.7. The number of hydrogen-bond donors (Lipinski definition) is 0. The van der Waals surface area contributed by atoms with Crippen LogP contribution >= 0.6 is 0 Å². The maximum absolute atomic E-state index is 2.32. The lowest BCUT2D eigenvalue weighted by molar-refractivity contribution is 0.365. The minimum absolute atomic E-state index is 1.04. The largest absolute Gasteiger partial charge is 0.0654 e. The minimum atomic E-state index is 1.04. The highest BCUT2D eigenvalue weighted by atomic mass is 14.1. The van der Waals surface area contributed by atoms with Crippen molar-refractivity contribution in [1.29, 1.82) is 0 Å². The molecule has 0 spiro atoms. The first-order valence-electron chi connectivity index (χ1n) is 18.8. The van der Waals surface area contributed by atoms with Gasteiger partial charge in [-0.25, -0.2) is 0 Å². The van der Waals surface area contributed by atoms with E-state index in [0.717, 1.165) is 5.92 Å². The van der Waals surface area contributed by atoms with Crippen molar-refractivity contribution in [3.63, 3.8) is 0 Å². The molecule has 0 N–H and O–H groups in total. The zero-order chi connectivity index (χ0) is 27.6. The highest BCUT2D eigenvalue weighted by Gasteiger charge is 2.09. The molecule has 0 saturated heterocycles. The van der Waals surface area contributed by atoms with E-state index in [9.17, 15) is 0 Å². The van der Waals surface area contributed by atoms with Crippen molar-refractivity contribution in [3.8, 4) is 0 Å². The van der Waals surface area contributed by atoms with E-state index in [4.69, 9.17) is 0 Å². The molecule has 0 rings (SSSR count). The zero-order valence-corrected chi connectivity index (χ0v) is 27.6. The van der Waals surface area contributed by atoms with Gasteiger partial charge in [0.15, 0.2) is 0 Å². The van der Waals surface area contributed by atoms with Crippen molar-refractivity contribution in [2.24, 2.45) is 5.92 Å². The molecule has 38 heavy (non-hydrogen) atoms. The molecular formula is C38H78. The van der Waals surface area contributed by atoms with Crippen molar-refractivity contribution < 1.29 is 0 Å². The molecule has 0 aliphatic rings. The maximum Gasteiger partial charge on any atom is -0.0414 e. The Morgan fingerprint density at radius 1 is 0.211 bits per heavy atom. The fourth-order valence-corrected chi connectivity index (χ4v) is 6.37. The van der Waals surface area contributed by atoms with Gasteiger partial charge in [0.1, 0.15) is 0 Å². The molecule has 0 heterocycles. The Hall–Kier alpha value is 0. The standard InChI is InChI=1S/C38H78/c1-4-7-10-13-16-19-21-24-27-30-33-36-38(35-32-29-26-23-18-15-12-9-6-3)37-34-31-28-25-22-20-17-14-11-8-5-2/h38H,4-37H2,1-3H3. The molecule has 0 aromatic rings. The topological polar surface area (TPSA) is 0 Å². The molecule has 0 unspecified atom stereocenters. The molecule has 0 fully saturated rings. The van der Waals surface area contributed by atoms with Crippen LogP contribution in [-0.4, -0.2) is 0 Å². The van der Waals surface area contributed by atoms with Crippen molar-refractivity contribution in [2.75, 3.05) is 0 Å². The Labute approximate surface area is 244 Å². The Morgan fingerprint density at radius 2 is 0.368 bits per heavy atom. The van der Waals surface area contributed by atoms with Gasteiger partial charge in [0.05, 0.1) is 0 Å². The van der Waals surface area contributed by atoms with Gasteiger partial charge >= 0.3 is 0 Å². The van der Waals surface area contributed by atoms with Gasteiger partial charge in [-0.05, 0) is 5.92 Å². The summed E-state index contributed by atoms with van der Waals surface area (Å²) in [6.45, 7) is 6.96. The smallest absolute Gasteiger partial charge is 0.0414 e. The van der Waals surface area contributed by atoms with Crippen LogP contribution in [0.3, 0.4) is 0 Å². The first kappa shape index (κ1) is 38.0. The molecule has 0 aromatic carbocycles. The lowest BCUT2D eigenvalue weighted by Crippen LogP contribution is -2.01. The summed E-state index contributed by atoms with van der Waals surface area (Å²) >= 11 is 0. The van der Waals surface area contributed by atoms with E-state index in [0.29, 0.717) is 0 Å². The van der Waals surface area contributed by atoms with E-state index >= 15 is 0 Å². The van der Waals surface area contributed by atoms with Crippen LogP contribution < -0.4 is 0 Å². The lowest BCUT2D eigenvalue weighted by atomic mass is 9.89. The molecule has 0 saturated carbocycles. The molecule has 0 aliphatic heterocycles. The Morgan fingerprint density at radius 3 is 0.553 bits per heavy atom. The molecule has 0 heteroatoms. The van der Waals surface area contributed by atoms with E-state index < -0.39 is 0 Å². The number of unbranched alkanes of at least 4 members (excludes halogenated alkanes) is 28. The van der Waals surface area contributed by atoms with Gasteiger partial charge in [-0.1, -0.05) is 239 Å². The summed E-state index contributed by atoms with van der Waals surface area (Å²) in [5.41, 5.74) is 0. The third-order valence-electron chi connectivity index (χ3n) is 9.15. The van der Waals surface area contributed by atoms with Gasteiger partial charge in [0.25, 0.3) is 0 Å². The summed E-state index contributed by atoms with van der Waals surface area (Å²) in [6, 6.07) is 0. The summed E-state index contributed by atoms with van der Waals surface area (Å²) < 4.78 is 0. The summed E-state index contributed by atoms with van der Waals surface area (Å²) in [5, 5.41) is 0. The summed E-state index contributed by atoms with van der Waals surface area (Å²) in [4.78, 5) is 0. The van der Waals surface area contributed by atoms with Crippen LogP contribution in [0.25, 0.3) is 0 Å². The molecule has 0 atom stereocenters. The van der Waals surface area contributed by atoms with Crippen molar-refractivity contribution in [1.82, 2.24) is 0 Å². The van der Waals surface area contributed by atoms with Gasteiger partial charge in [0, 0.05) is 0 Å². The third kappa shape index (κ3) is 32.2. The van der Waals surface area contributed by atoms with Crippen molar-refractivity contribution in [2.45, 2.75) is 239 Å². The Balaban J connectivity index is 3.86. The van der Waals surface area contributed by atoms with Crippen LogP contribution in [0.4, 0.5) is 0 Å². The van der Waals surface area contributed by atoms with Crippen LogP contribution in [0.15, 0.2) is 0 Å². The summed E-state index contributed by atoms with van der Waals surface area (Å²) in [5.74, 6) is 1.04. The molecule has 0 amide bonds. The highest BCUT2D eigenvalue weighted by Crippen LogP contribution is 2.25. The van der Waals surface area contributed by atoms with E-state index in [1.54, 1.807) is 0 Å². The second kappa shape index (κ2) is 35.0. The van der Waals surface area contributed by atoms with Crippen LogP contribution in [0.2, 0.25) is 0 Å². The highest BCUT2D eigenvalue weighted by molar-refractivity contribution is 4.62. The van der Waals surface area contributed by atoms with Crippen molar-refractivity contribution >= 4 is 0 Å². The second-order valence-corrected chi connectivity index (χ2v) is 13.1. The quantitative estimate of drug-likeness (QED) is 0.0720. The van der Waals surface area contributed by atoms with E-state index in [1.165, 1.54) is 218 Å². The third-order valence-corrected chi connectivity index (χ3v) is 9.15. The van der Waals surface area contributed by atoms with Crippen LogP contribution in [0.5, 0.6) is 0 Å². The minimum Gasteiger partial charge on any atom is -0.0654 e. The first-order chi connectivity index (χ1) is 18.8. The lowest BCUT2D eigenvalue weighted by Gasteiger charge is -2.17. The zero-order valence-electron chi connectivity index (χ0n) is 27.6. The average molecular weight is 535 g/mol. The van der Waals surface area contributed by atoms with E-state index in [-0.39, 0.29) is 0 Å². The fourth-order valence-electron chi connectivity index (χ4n) is 6.37. The van der Waals surface area contributed by atoms with Gasteiger partial charge in [-0.2, -0.15) is 0 Å². The van der Waals surface area contributed by atoms with Gasteiger partial charge in [-0.3, -0.25) is 0 Å². The first-order valence-corrected chi connectivity index (χ1v) is 18.8. The molecule has 0 bridgehead atoms. The van der Waals surface area contributed by atoms with Crippen LogP contribution in [-0.2, 0) is 0 Å². The number of hydrogen-bond acceptors (Lipinski definition) is 0. The predicted molar refractivity (Wildman–Crippen MR) is 177 cm³/mol. The molecule has 0 aromatic heterocycles. The molecule has 230 valence electrons. The Kier molecular flexibility index (Phi) is 35.0. The SMILES string of the molecule is CCCCCCCCCCCCCC(CCCCCCCCCCC)CCCCCCCCCCCCC. The number of rotatable bonds is 34. The molecular weight excluding hydrogens is 456 g/mol.